The van der Waals surface area contributed by atoms with Crippen molar-refractivity contribution in [3.8, 4) is 5.69 Å². The van der Waals surface area contributed by atoms with Crippen LogP contribution in [-0.4, -0.2) is 20.1 Å². The maximum absolute atomic E-state index is 9.67. The van der Waals surface area contributed by atoms with Crippen LogP contribution >= 0.6 is 11.6 Å². The molecule has 90 valence electrons. The van der Waals surface area contributed by atoms with E-state index in [0.717, 1.165) is 11.3 Å². The zero-order chi connectivity index (χ0) is 12.4. The van der Waals surface area contributed by atoms with Crippen LogP contribution in [0, 0.1) is 6.92 Å². The minimum atomic E-state index is -0.566. The third-order valence-corrected chi connectivity index (χ3v) is 3.13. The predicted molar refractivity (Wildman–Crippen MR) is 66.4 cm³/mol. The van der Waals surface area contributed by atoms with E-state index in [4.69, 9.17) is 11.6 Å². The van der Waals surface area contributed by atoms with Crippen LogP contribution in [0.4, 0.5) is 0 Å². The van der Waals surface area contributed by atoms with Crippen LogP contribution in [-0.2, 0) is 0 Å². The van der Waals surface area contributed by atoms with Crippen LogP contribution in [0.5, 0.6) is 0 Å². The lowest BCUT2D eigenvalue weighted by molar-refractivity contribution is 0.169. The Morgan fingerprint density at radius 1 is 1.47 bits per heavy atom. The van der Waals surface area contributed by atoms with Crippen molar-refractivity contribution in [2.24, 2.45) is 0 Å². The van der Waals surface area contributed by atoms with Crippen LogP contribution < -0.4 is 0 Å². The average molecular weight is 252 g/mol. The molecule has 1 heterocycles. The molecule has 1 N–H and O–H groups in total. The summed E-state index contributed by atoms with van der Waals surface area (Å²) in [7, 11) is 0. The molecule has 0 radical (unpaired) electrons. The van der Waals surface area contributed by atoms with E-state index >= 15 is 0 Å². The van der Waals surface area contributed by atoms with Crippen molar-refractivity contribution in [2.75, 3.05) is 0 Å². The van der Waals surface area contributed by atoms with Crippen molar-refractivity contribution in [3.05, 3.63) is 40.7 Å². The van der Waals surface area contributed by atoms with Gasteiger partial charge >= 0.3 is 0 Å². The second kappa shape index (κ2) is 4.85. The van der Waals surface area contributed by atoms with Gasteiger partial charge in [0.2, 0.25) is 0 Å². The first-order chi connectivity index (χ1) is 8.13. The van der Waals surface area contributed by atoms with Gasteiger partial charge in [0, 0.05) is 5.02 Å². The monoisotopic (exact) mass is 251 g/mol. The Bertz CT molecular complexity index is 524. The number of hydrogen-bond donors (Lipinski definition) is 1. The van der Waals surface area contributed by atoms with Crippen LogP contribution in [0.2, 0.25) is 5.02 Å². The maximum atomic E-state index is 9.67. The second-order valence-corrected chi connectivity index (χ2v) is 4.30. The number of aromatic nitrogens is 3. The summed E-state index contributed by atoms with van der Waals surface area (Å²) in [6.45, 7) is 3.82. The fraction of sp³-hybridized carbons (Fsp3) is 0.333. The van der Waals surface area contributed by atoms with E-state index in [0.29, 0.717) is 17.1 Å². The van der Waals surface area contributed by atoms with Gasteiger partial charge in [-0.25, -0.2) is 4.68 Å². The van der Waals surface area contributed by atoms with E-state index in [1.54, 1.807) is 10.9 Å². The van der Waals surface area contributed by atoms with Crippen molar-refractivity contribution < 1.29 is 5.11 Å². The van der Waals surface area contributed by atoms with Gasteiger partial charge < -0.3 is 5.11 Å². The summed E-state index contributed by atoms with van der Waals surface area (Å²) in [4.78, 5) is 0. The molecule has 0 spiro atoms. The number of rotatable bonds is 3. The Hall–Kier alpha value is -1.39. The molecule has 5 heteroatoms. The number of benzene rings is 1. The first-order valence-electron chi connectivity index (χ1n) is 5.49. The van der Waals surface area contributed by atoms with Gasteiger partial charge in [-0.05, 0) is 31.0 Å². The first-order valence-corrected chi connectivity index (χ1v) is 5.87. The summed E-state index contributed by atoms with van der Waals surface area (Å²) < 4.78 is 1.63. The Morgan fingerprint density at radius 2 is 2.24 bits per heavy atom. The van der Waals surface area contributed by atoms with E-state index in [1.807, 2.05) is 32.0 Å². The van der Waals surface area contributed by atoms with Crippen LogP contribution in [0.25, 0.3) is 5.69 Å². The molecule has 17 heavy (non-hydrogen) atoms. The Kier molecular flexibility index (Phi) is 3.45. The molecular formula is C12H14ClN3O. The van der Waals surface area contributed by atoms with Gasteiger partial charge in [-0.15, -0.1) is 5.10 Å². The van der Waals surface area contributed by atoms with Crippen molar-refractivity contribution in [1.82, 2.24) is 15.0 Å². The third-order valence-electron chi connectivity index (χ3n) is 2.73. The SMILES string of the molecule is CCC(O)c1cn(-c2cccc(Cl)c2C)nn1. The van der Waals surface area contributed by atoms with E-state index in [2.05, 4.69) is 10.3 Å². The number of hydrogen-bond acceptors (Lipinski definition) is 3. The highest BCUT2D eigenvalue weighted by molar-refractivity contribution is 6.31. The summed E-state index contributed by atoms with van der Waals surface area (Å²) in [6, 6.07) is 5.61. The number of aliphatic hydroxyl groups is 1. The Morgan fingerprint density at radius 3 is 2.94 bits per heavy atom. The Balaban J connectivity index is 2.40. The quantitative estimate of drug-likeness (QED) is 0.913. The molecule has 1 aromatic heterocycles. The smallest absolute Gasteiger partial charge is 0.112 e. The number of aliphatic hydroxyl groups excluding tert-OH is 1. The summed E-state index contributed by atoms with van der Waals surface area (Å²) in [5.74, 6) is 0. The van der Waals surface area contributed by atoms with E-state index < -0.39 is 6.10 Å². The average Bonchev–Trinajstić information content (AvgIpc) is 2.81. The van der Waals surface area contributed by atoms with Gasteiger partial charge in [-0.2, -0.15) is 0 Å². The van der Waals surface area contributed by atoms with Crippen molar-refractivity contribution in [1.29, 1.82) is 0 Å². The third kappa shape index (κ3) is 2.33. The molecule has 1 aromatic carbocycles. The molecule has 2 aromatic rings. The van der Waals surface area contributed by atoms with Gasteiger partial charge in [0.05, 0.1) is 18.0 Å². The zero-order valence-electron chi connectivity index (χ0n) is 9.76. The minimum Gasteiger partial charge on any atom is -0.387 e. The predicted octanol–water partition coefficient (Wildman–Crippen LogP) is 2.67. The standard InChI is InChI=1S/C12H14ClN3O/c1-3-12(17)10-7-16(15-14-10)11-6-4-5-9(13)8(11)2/h4-7,12,17H,3H2,1-2H3. The first kappa shape index (κ1) is 12.1. The molecule has 2 rings (SSSR count). The second-order valence-electron chi connectivity index (χ2n) is 3.90. The molecular weight excluding hydrogens is 238 g/mol. The van der Waals surface area contributed by atoms with Crippen molar-refractivity contribution >= 4 is 11.6 Å². The lowest BCUT2D eigenvalue weighted by atomic mass is 10.2. The summed E-state index contributed by atoms with van der Waals surface area (Å²) in [5, 5.41) is 18.3. The topological polar surface area (TPSA) is 50.9 Å². The molecule has 0 aliphatic rings. The van der Waals surface area contributed by atoms with Gasteiger partial charge in [-0.3, -0.25) is 0 Å². The molecule has 0 aliphatic carbocycles. The van der Waals surface area contributed by atoms with Crippen molar-refractivity contribution in [3.63, 3.8) is 0 Å². The lowest BCUT2D eigenvalue weighted by Gasteiger charge is -2.06. The van der Waals surface area contributed by atoms with E-state index in [1.165, 1.54) is 0 Å². The number of nitrogens with zero attached hydrogens (tertiary/aromatic N) is 3. The molecule has 4 nitrogen and oxygen atoms in total. The number of halogens is 1. The maximum Gasteiger partial charge on any atom is 0.112 e. The zero-order valence-corrected chi connectivity index (χ0v) is 10.5. The van der Waals surface area contributed by atoms with Gasteiger partial charge in [0.15, 0.2) is 0 Å². The Labute approximate surface area is 105 Å². The summed E-state index contributed by atoms with van der Waals surface area (Å²) in [5.41, 5.74) is 2.39. The molecule has 0 bridgehead atoms. The molecule has 0 amide bonds. The van der Waals surface area contributed by atoms with Crippen LogP contribution in [0.15, 0.2) is 24.4 Å². The van der Waals surface area contributed by atoms with Gasteiger partial charge in [0.25, 0.3) is 0 Å². The van der Waals surface area contributed by atoms with E-state index in [9.17, 15) is 5.11 Å². The molecule has 0 saturated heterocycles. The highest BCUT2D eigenvalue weighted by atomic mass is 35.5. The fourth-order valence-corrected chi connectivity index (χ4v) is 1.77. The highest BCUT2D eigenvalue weighted by Gasteiger charge is 2.12. The molecule has 0 aliphatic heterocycles. The summed E-state index contributed by atoms with van der Waals surface area (Å²) in [6.07, 6.45) is 1.78. The van der Waals surface area contributed by atoms with E-state index in [-0.39, 0.29) is 0 Å². The molecule has 0 fully saturated rings. The lowest BCUT2D eigenvalue weighted by Crippen LogP contribution is -1.98. The summed E-state index contributed by atoms with van der Waals surface area (Å²) >= 11 is 6.05. The van der Waals surface area contributed by atoms with Crippen LogP contribution in [0.1, 0.15) is 30.7 Å². The minimum absolute atomic E-state index is 0.566. The normalized spacial score (nSPS) is 12.7. The van der Waals surface area contributed by atoms with Crippen LogP contribution in [0.3, 0.4) is 0 Å². The largest absolute Gasteiger partial charge is 0.387 e. The fourth-order valence-electron chi connectivity index (χ4n) is 1.60. The van der Waals surface area contributed by atoms with Gasteiger partial charge in [0.1, 0.15) is 5.69 Å². The molecule has 1 atom stereocenters. The van der Waals surface area contributed by atoms with Crippen molar-refractivity contribution in [2.45, 2.75) is 26.4 Å². The highest BCUT2D eigenvalue weighted by Crippen LogP contribution is 2.22. The van der Waals surface area contributed by atoms with Gasteiger partial charge in [-0.1, -0.05) is 29.8 Å². The molecule has 0 saturated carbocycles. The molecule has 1 unspecified atom stereocenters.